The van der Waals surface area contributed by atoms with Gasteiger partial charge in [-0.2, -0.15) is 0 Å². The van der Waals surface area contributed by atoms with Crippen LogP contribution in [0.4, 0.5) is 0 Å². The Morgan fingerprint density at radius 3 is 1.59 bits per heavy atom. The SMILES string of the molecule is c1ccc(-c2ccc(-c3cc(-c4cccc5c4sc4cccc(-c6nc(-c7ccccc7)nc(-c7ccccc7)n6)c45)c4oc5ccccc5c4c3)cc2)cc1. The van der Waals surface area contributed by atoms with Crippen LogP contribution in [0.3, 0.4) is 0 Å². The van der Waals surface area contributed by atoms with Gasteiger partial charge in [0.1, 0.15) is 11.2 Å². The number of hydrogen-bond donors (Lipinski definition) is 0. The fourth-order valence-corrected chi connectivity index (χ4v) is 9.11. The molecule has 0 spiro atoms. The van der Waals surface area contributed by atoms with Gasteiger partial charge in [0, 0.05) is 58.8 Å². The first-order valence-electron chi connectivity index (χ1n) is 18.7. The molecule has 0 amide bonds. The molecule has 0 aliphatic carbocycles. The summed E-state index contributed by atoms with van der Waals surface area (Å²) in [7, 11) is 0. The van der Waals surface area contributed by atoms with Crippen molar-refractivity contribution >= 4 is 53.4 Å². The molecule has 3 aromatic heterocycles. The van der Waals surface area contributed by atoms with Gasteiger partial charge in [-0.3, -0.25) is 0 Å². The molecule has 0 atom stereocenters. The molecular weight excluding hydrogens is 703 g/mol. The summed E-state index contributed by atoms with van der Waals surface area (Å²) in [6.45, 7) is 0. The first-order chi connectivity index (χ1) is 27.7. The first-order valence-corrected chi connectivity index (χ1v) is 19.5. The molecule has 0 fully saturated rings. The maximum atomic E-state index is 6.71. The number of aromatic nitrogens is 3. The lowest BCUT2D eigenvalue weighted by Gasteiger charge is -2.11. The van der Waals surface area contributed by atoms with Gasteiger partial charge < -0.3 is 4.42 Å². The second-order valence-corrected chi connectivity index (χ2v) is 15.0. The molecule has 11 rings (SSSR count). The standard InChI is InChI=1S/C51H31N3OS/c1-4-14-32(15-5-1)33-26-28-34(29-27-33)37-30-42-38-20-10-11-24-44(38)55-47(42)43(31-37)39-21-12-22-40-46-41(23-13-25-45(46)56-48(39)40)51-53-49(35-16-6-2-7-17-35)52-50(54-51)36-18-8-3-9-19-36/h1-31H. The van der Waals surface area contributed by atoms with Crippen LogP contribution in [0.5, 0.6) is 0 Å². The van der Waals surface area contributed by atoms with Gasteiger partial charge in [-0.15, -0.1) is 11.3 Å². The summed E-state index contributed by atoms with van der Waals surface area (Å²) < 4.78 is 9.07. The number of furan rings is 1. The molecule has 8 aromatic carbocycles. The normalized spacial score (nSPS) is 11.6. The molecule has 4 nitrogen and oxygen atoms in total. The lowest BCUT2D eigenvalue weighted by molar-refractivity contribution is 0.670. The molecule has 262 valence electrons. The van der Waals surface area contributed by atoms with Crippen molar-refractivity contribution in [3.8, 4) is 67.5 Å². The van der Waals surface area contributed by atoms with Gasteiger partial charge in [-0.05, 0) is 46.5 Å². The maximum Gasteiger partial charge on any atom is 0.164 e. The Kier molecular flexibility index (Phi) is 7.64. The van der Waals surface area contributed by atoms with Crippen molar-refractivity contribution in [3.63, 3.8) is 0 Å². The molecule has 11 aromatic rings. The highest BCUT2D eigenvalue weighted by molar-refractivity contribution is 7.26. The highest BCUT2D eigenvalue weighted by Gasteiger charge is 2.21. The van der Waals surface area contributed by atoms with Crippen molar-refractivity contribution in [1.29, 1.82) is 0 Å². The summed E-state index contributed by atoms with van der Waals surface area (Å²) in [5.74, 6) is 1.94. The number of benzene rings is 8. The van der Waals surface area contributed by atoms with Gasteiger partial charge in [0.2, 0.25) is 0 Å². The van der Waals surface area contributed by atoms with E-state index in [0.29, 0.717) is 17.5 Å². The van der Waals surface area contributed by atoms with E-state index in [1.165, 1.54) is 20.5 Å². The van der Waals surface area contributed by atoms with E-state index in [1.54, 1.807) is 11.3 Å². The van der Waals surface area contributed by atoms with Crippen molar-refractivity contribution in [2.45, 2.75) is 0 Å². The molecular formula is C51H31N3OS. The van der Waals surface area contributed by atoms with Crippen LogP contribution in [0, 0.1) is 0 Å². The van der Waals surface area contributed by atoms with E-state index in [4.69, 9.17) is 19.4 Å². The summed E-state index contributed by atoms with van der Waals surface area (Å²) in [6, 6.07) is 65.6. The fraction of sp³-hybridized carbons (Fsp3) is 0. The summed E-state index contributed by atoms with van der Waals surface area (Å²) >= 11 is 1.80. The third kappa shape index (κ3) is 5.48. The van der Waals surface area contributed by atoms with E-state index in [2.05, 4.69) is 121 Å². The predicted octanol–water partition coefficient (Wildman–Crippen LogP) is 14.1. The van der Waals surface area contributed by atoms with Crippen LogP contribution in [0.2, 0.25) is 0 Å². The Balaban J connectivity index is 1.12. The Labute approximate surface area is 327 Å². The van der Waals surface area contributed by atoms with Crippen molar-refractivity contribution < 1.29 is 4.42 Å². The Bertz CT molecular complexity index is 3170. The van der Waals surface area contributed by atoms with E-state index in [9.17, 15) is 0 Å². The highest BCUT2D eigenvalue weighted by Crippen LogP contribution is 2.47. The molecule has 3 heterocycles. The molecule has 0 radical (unpaired) electrons. The number of rotatable bonds is 6. The minimum absolute atomic E-state index is 0.646. The summed E-state index contributed by atoms with van der Waals surface area (Å²) in [5.41, 5.74) is 11.5. The molecule has 0 saturated heterocycles. The van der Waals surface area contributed by atoms with Crippen molar-refractivity contribution in [3.05, 3.63) is 188 Å². The van der Waals surface area contributed by atoms with Gasteiger partial charge in [0.05, 0.1) is 0 Å². The molecule has 5 heteroatoms. The van der Waals surface area contributed by atoms with Crippen molar-refractivity contribution in [2.75, 3.05) is 0 Å². The zero-order valence-corrected chi connectivity index (χ0v) is 30.9. The lowest BCUT2D eigenvalue weighted by Crippen LogP contribution is -2.00. The van der Waals surface area contributed by atoms with Crippen LogP contribution in [-0.4, -0.2) is 15.0 Å². The van der Waals surface area contributed by atoms with Crippen LogP contribution >= 0.6 is 11.3 Å². The monoisotopic (exact) mass is 733 g/mol. The Hall–Kier alpha value is -7.21. The van der Waals surface area contributed by atoms with Crippen LogP contribution in [0.15, 0.2) is 192 Å². The topological polar surface area (TPSA) is 51.8 Å². The smallest absolute Gasteiger partial charge is 0.164 e. The molecule has 56 heavy (non-hydrogen) atoms. The summed E-state index contributed by atoms with van der Waals surface area (Å²) in [6.07, 6.45) is 0. The van der Waals surface area contributed by atoms with Gasteiger partial charge in [0.15, 0.2) is 17.5 Å². The van der Waals surface area contributed by atoms with Crippen molar-refractivity contribution in [1.82, 2.24) is 15.0 Å². The van der Waals surface area contributed by atoms with Crippen molar-refractivity contribution in [2.24, 2.45) is 0 Å². The maximum absolute atomic E-state index is 6.71. The van der Waals surface area contributed by atoms with Gasteiger partial charge in [-0.25, -0.2) is 15.0 Å². The third-order valence-electron chi connectivity index (χ3n) is 10.6. The van der Waals surface area contributed by atoms with E-state index in [-0.39, 0.29) is 0 Å². The van der Waals surface area contributed by atoms with E-state index in [0.717, 1.165) is 71.7 Å². The van der Waals surface area contributed by atoms with Crippen LogP contribution in [0.1, 0.15) is 0 Å². The highest BCUT2D eigenvalue weighted by atomic mass is 32.1. The minimum Gasteiger partial charge on any atom is -0.455 e. The molecule has 0 N–H and O–H groups in total. The molecule has 0 aliphatic rings. The van der Waals surface area contributed by atoms with E-state index in [1.807, 2.05) is 66.7 Å². The van der Waals surface area contributed by atoms with Crippen LogP contribution in [-0.2, 0) is 0 Å². The largest absolute Gasteiger partial charge is 0.455 e. The average molecular weight is 734 g/mol. The zero-order valence-electron chi connectivity index (χ0n) is 30.1. The number of hydrogen-bond acceptors (Lipinski definition) is 5. The quantitative estimate of drug-likeness (QED) is 0.171. The minimum atomic E-state index is 0.646. The third-order valence-corrected chi connectivity index (χ3v) is 11.8. The lowest BCUT2D eigenvalue weighted by atomic mass is 9.94. The number of thiophene rings is 1. The number of nitrogens with zero attached hydrogens (tertiary/aromatic N) is 3. The Morgan fingerprint density at radius 1 is 0.357 bits per heavy atom. The van der Waals surface area contributed by atoms with Gasteiger partial charge >= 0.3 is 0 Å². The van der Waals surface area contributed by atoms with Crippen LogP contribution < -0.4 is 0 Å². The average Bonchev–Trinajstić information content (AvgIpc) is 3.86. The number of fused-ring (bicyclic) bond motifs is 6. The van der Waals surface area contributed by atoms with Crippen LogP contribution in [0.25, 0.3) is 110 Å². The first kappa shape index (κ1) is 32.2. The molecule has 0 bridgehead atoms. The summed E-state index contributed by atoms with van der Waals surface area (Å²) in [4.78, 5) is 15.2. The van der Waals surface area contributed by atoms with Gasteiger partial charge in [0.25, 0.3) is 0 Å². The Morgan fingerprint density at radius 2 is 0.893 bits per heavy atom. The van der Waals surface area contributed by atoms with Gasteiger partial charge in [-0.1, -0.05) is 164 Å². The number of para-hydroxylation sites is 1. The molecule has 0 saturated carbocycles. The van der Waals surface area contributed by atoms with E-state index < -0.39 is 0 Å². The second-order valence-electron chi connectivity index (χ2n) is 13.9. The predicted molar refractivity (Wildman–Crippen MR) is 233 cm³/mol. The molecule has 0 unspecified atom stereocenters. The fourth-order valence-electron chi connectivity index (χ4n) is 7.85. The summed E-state index contributed by atoms with van der Waals surface area (Å²) in [5, 5.41) is 4.50. The van der Waals surface area contributed by atoms with E-state index >= 15 is 0 Å². The second kappa shape index (κ2) is 13.3. The molecule has 0 aliphatic heterocycles. The zero-order chi connectivity index (χ0) is 37.0.